The van der Waals surface area contributed by atoms with Gasteiger partial charge in [0.15, 0.2) is 17.6 Å². The van der Waals surface area contributed by atoms with Crippen LogP contribution in [0.4, 0.5) is 5.69 Å². The van der Waals surface area contributed by atoms with E-state index in [1.807, 2.05) is 26.0 Å². The van der Waals surface area contributed by atoms with Gasteiger partial charge >= 0.3 is 5.97 Å². The summed E-state index contributed by atoms with van der Waals surface area (Å²) in [5.74, 6) is 0.0787. The smallest absolute Gasteiger partial charge is 0.311 e. The summed E-state index contributed by atoms with van der Waals surface area (Å²) in [4.78, 5) is 24.8. The molecule has 0 aliphatic rings. The number of amides is 1. The Morgan fingerprint density at radius 1 is 1.07 bits per heavy atom. The second kappa shape index (κ2) is 8.90. The molecule has 30 heavy (non-hydrogen) atoms. The molecule has 0 radical (unpaired) electrons. The number of ether oxygens (including phenoxy) is 3. The monoisotopic (exact) mass is 411 g/mol. The number of benzene rings is 2. The maximum absolute atomic E-state index is 12.4. The van der Waals surface area contributed by atoms with E-state index in [2.05, 4.69) is 5.32 Å². The molecule has 0 saturated heterocycles. The number of fused-ring (bicyclic) bond motifs is 1. The fourth-order valence-corrected chi connectivity index (χ4v) is 3.13. The van der Waals surface area contributed by atoms with Crippen LogP contribution in [0, 0.1) is 13.8 Å². The molecule has 1 amide bonds. The van der Waals surface area contributed by atoms with Gasteiger partial charge in [-0.25, -0.2) is 0 Å². The minimum Gasteiger partial charge on any atom is -0.493 e. The van der Waals surface area contributed by atoms with Crippen molar-refractivity contribution in [1.29, 1.82) is 0 Å². The van der Waals surface area contributed by atoms with Gasteiger partial charge in [0.2, 0.25) is 0 Å². The van der Waals surface area contributed by atoms with E-state index in [0.717, 1.165) is 27.7 Å². The van der Waals surface area contributed by atoms with Gasteiger partial charge in [-0.3, -0.25) is 9.59 Å². The summed E-state index contributed by atoms with van der Waals surface area (Å²) in [5, 5.41) is 3.58. The number of furan rings is 1. The fraction of sp³-hybridized carbons (Fsp3) is 0.304. The standard InChI is InChI=1S/C23H25NO6/c1-13-6-8-18-16(12-29-22(18)14(13)2)10-21(25)30-15(3)23(26)24-17-7-9-19(27-4)20(11-17)28-5/h6-9,11-12,15H,10H2,1-5H3,(H,24,26)/t15-/m0/s1. The van der Waals surface area contributed by atoms with E-state index < -0.39 is 18.0 Å². The van der Waals surface area contributed by atoms with Crippen molar-refractivity contribution in [2.45, 2.75) is 33.3 Å². The molecule has 0 spiro atoms. The quantitative estimate of drug-likeness (QED) is 0.587. The zero-order chi connectivity index (χ0) is 21.8. The highest BCUT2D eigenvalue weighted by atomic mass is 16.5. The Morgan fingerprint density at radius 2 is 1.80 bits per heavy atom. The minimum atomic E-state index is -0.965. The zero-order valence-corrected chi connectivity index (χ0v) is 17.7. The van der Waals surface area contributed by atoms with Crippen molar-refractivity contribution in [2.24, 2.45) is 0 Å². The molecular weight excluding hydrogens is 386 g/mol. The molecule has 0 aliphatic carbocycles. The summed E-state index contributed by atoms with van der Waals surface area (Å²) < 4.78 is 21.3. The largest absolute Gasteiger partial charge is 0.493 e. The second-order valence-corrected chi connectivity index (χ2v) is 7.01. The normalized spacial score (nSPS) is 11.8. The molecule has 1 N–H and O–H groups in total. The van der Waals surface area contributed by atoms with E-state index >= 15 is 0 Å². The molecule has 2 aromatic carbocycles. The highest BCUT2D eigenvalue weighted by molar-refractivity contribution is 5.96. The first-order valence-electron chi connectivity index (χ1n) is 9.52. The van der Waals surface area contributed by atoms with Crippen LogP contribution in [0.2, 0.25) is 0 Å². The Balaban J connectivity index is 1.63. The Labute approximate surface area is 174 Å². The molecule has 0 bridgehead atoms. The third kappa shape index (κ3) is 4.40. The molecule has 7 heteroatoms. The average molecular weight is 411 g/mol. The number of hydrogen-bond donors (Lipinski definition) is 1. The number of anilines is 1. The van der Waals surface area contributed by atoms with E-state index in [0.29, 0.717) is 17.2 Å². The average Bonchev–Trinajstić information content (AvgIpc) is 3.13. The first-order valence-corrected chi connectivity index (χ1v) is 9.52. The predicted octanol–water partition coefficient (Wildman–Crippen LogP) is 4.18. The van der Waals surface area contributed by atoms with Crippen LogP contribution in [0.1, 0.15) is 23.6 Å². The van der Waals surface area contributed by atoms with E-state index in [9.17, 15) is 9.59 Å². The summed E-state index contributed by atoms with van der Waals surface area (Å²) in [5.41, 5.74) is 4.15. The van der Waals surface area contributed by atoms with Gasteiger partial charge in [-0.05, 0) is 44.0 Å². The Hall–Kier alpha value is -3.48. The summed E-state index contributed by atoms with van der Waals surface area (Å²) in [6.07, 6.45) is 0.615. The van der Waals surface area contributed by atoms with Crippen LogP contribution in [-0.2, 0) is 20.7 Å². The topological polar surface area (TPSA) is 87.0 Å². The van der Waals surface area contributed by atoms with Crippen LogP contribution < -0.4 is 14.8 Å². The highest BCUT2D eigenvalue weighted by Crippen LogP contribution is 2.30. The molecule has 1 aromatic heterocycles. The van der Waals surface area contributed by atoms with E-state index in [1.165, 1.54) is 21.1 Å². The predicted molar refractivity (Wildman–Crippen MR) is 113 cm³/mol. The van der Waals surface area contributed by atoms with Crippen LogP contribution >= 0.6 is 0 Å². The van der Waals surface area contributed by atoms with Crippen molar-refractivity contribution in [2.75, 3.05) is 19.5 Å². The van der Waals surface area contributed by atoms with Gasteiger partial charge in [0.1, 0.15) is 5.58 Å². The van der Waals surface area contributed by atoms with E-state index in [1.54, 1.807) is 24.5 Å². The molecule has 3 aromatic rings. The lowest BCUT2D eigenvalue weighted by atomic mass is 10.0. The molecule has 158 valence electrons. The molecule has 0 fully saturated rings. The van der Waals surface area contributed by atoms with Crippen molar-refractivity contribution in [3.63, 3.8) is 0 Å². The Kier molecular flexibility index (Phi) is 6.30. The molecular formula is C23H25NO6. The molecule has 0 saturated carbocycles. The highest BCUT2D eigenvalue weighted by Gasteiger charge is 2.20. The lowest BCUT2D eigenvalue weighted by molar-refractivity contribution is -0.152. The fourth-order valence-electron chi connectivity index (χ4n) is 3.13. The summed E-state index contributed by atoms with van der Waals surface area (Å²) in [7, 11) is 3.04. The zero-order valence-electron chi connectivity index (χ0n) is 17.7. The van der Waals surface area contributed by atoms with Crippen LogP contribution in [-0.4, -0.2) is 32.2 Å². The number of nitrogens with one attached hydrogen (secondary N) is 1. The number of aryl methyl sites for hydroxylation is 2. The van der Waals surface area contributed by atoms with Crippen molar-refractivity contribution < 1.29 is 28.2 Å². The number of carbonyl (C=O) groups excluding carboxylic acids is 2. The summed E-state index contributed by atoms with van der Waals surface area (Å²) in [6.45, 7) is 5.50. The Bertz CT molecular complexity index is 1080. The summed E-state index contributed by atoms with van der Waals surface area (Å²) >= 11 is 0. The van der Waals surface area contributed by atoms with Gasteiger partial charge in [-0.15, -0.1) is 0 Å². The van der Waals surface area contributed by atoms with Crippen LogP contribution in [0.15, 0.2) is 41.0 Å². The number of carbonyl (C=O) groups is 2. The molecule has 7 nitrogen and oxygen atoms in total. The van der Waals surface area contributed by atoms with Gasteiger partial charge < -0.3 is 23.9 Å². The Morgan fingerprint density at radius 3 is 2.50 bits per heavy atom. The van der Waals surface area contributed by atoms with Crippen LogP contribution in [0.3, 0.4) is 0 Å². The third-order valence-corrected chi connectivity index (χ3v) is 5.01. The van der Waals surface area contributed by atoms with E-state index in [-0.39, 0.29) is 6.42 Å². The van der Waals surface area contributed by atoms with Gasteiger partial charge in [-0.2, -0.15) is 0 Å². The van der Waals surface area contributed by atoms with Gasteiger partial charge in [0.25, 0.3) is 5.91 Å². The molecule has 0 aliphatic heterocycles. The summed E-state index contributed by atoms with van der Waals surface area (Å²) in [6, 6.07) is 8.90. The first-order chi connectivity index (χ1) is 14.3. The van der Waals surface area contributed by atoms with Crippen molar-refractivity contribution >= 4 is 28.5 Å². The molecule has 1 heterocycles. The van der Waals surface area contributed by atoms with Crippen molar-refractivity contribution in [1.82, 2.24) is 0 Å². The maximum atomic E-state index is 12.4. The van der Waals surface area contributed by atoms with Crippen molar-refractivity contribution in [3.8, 4) is 11.5 Å². The first kappa shape index (κ1) is 21.2. The SMILES string of the molecule is COc1ccc(NC(=O)[C@H](C)OC(=O)Cc2coc3c(C)c(C)ccc23)cc1OC. The third-order valence-electron chi connectivity index (χ3n) is 5.01. The minimum absolute atomic E-state index is 0.0173. The van der Waals surface area contributed by atoms with Crippen molar-refractivity contribution in [3.05, 3.63) is 53.3 Å². The second-order valence-electron chi connectivity index (χ2n) is 7.01. The van der Waals surface area contributed by atoms with Gasteiger partial charge in [-0.1, -0.05) is 12.1 Å². The van der Waals surface area contributed by atoms with Crippen LogP contribution in [0.25, 0.3) is 11.0 Å². The number of esters is 1. The number of rotatable bonds is 7. The van der Waals surface area contributed by atoms with Crippen LogP contribution in [0.5, 0.6) is 11.5 Å². The lowest BCUT2D eigenvalue weighted by Gasteiger charge is -2.14. The molecule has 0 unspecified atom stereocenters. The molecule has 1 atom stereocenters. The lowest BCUT2D eigenvalue weighted by Crippen LogP contribution is -2.30. The number of methoxy groups -OCH3 is 2. The molecule has 3 rings (SSSR count). The van der Waals surface area contributed by atoms with E-state index in [4.69, 9.17) is 18.6 Å². The maximum Gasteiger partial charge on any atom is 0.311 e. The van der Waals surface area contributed by atoms with Gasteiger partial charge in [0, 0.05) is 22.7 Å². The number of hydrogen-bond acceptors (Lipinski definition) is 6. The van der Waals surface area contributed by atoms with Gasteiger partial charge in [0.05, 0.1) is 26.9 Å².